The lowest BCUT2D eigenvalue weighted by Crippen LogP contribution is -2.29. The van der Waals surface area contributed by atoms with Gasteiger partial charge < -0.3 is 4.74 Å². The summed E-state index contributed by atoms with van der Waals surface area (Å²) in [6, 6.07) is 14.7. The minimum atomic E-state index is -0.268. The van der Waals surface area contributed by atoms with E-state index in [-0.39, 0.29) is 22.4 Å². The lowest BCUT2D eigenvalue weighted by atomic mass is 9.69. The molecule has 3 aromatic rings. The van der Waals surface area contributed by atoms with Gasteiger partial charge in [-0.2, -0.15) is 0 Å². The average molecular weight is 528 g/mol. The number of fused-ring (bicyclic) bond motifs is 1. The molecule has 2 aromatic carbocycles. The molecule has 1 heterocycles. The minimum absolute atomic E-state index is 0.131. The van der Waals surface area contributed by atoms with Crippen molar-refractivity contribution in [3.63, 3.8) is 0 Å². The molecule has 2 aliphatic carbocycles. The van der Waals surface area contributed by atoms with E-state index in [1.807, 2.05) is 6.07 Å². The van der Waals surface area contributed by atoms with Crippen molar-refractivity contribution >= 4 is 5.78 Å². The van der Waals surface area contributed by atoms with Crippen LogP contribution in [0.15, 0.2) is 48.7 Å². The molecule has 0 saturated heterocycles. The van der Waals surface area contributed by atoms with Crippen molar-refractivity contribution in [3.8, 4) is 16.9 Å². The maximum absolute atomic E-state index is 15.1. The molecule has 206 valence electrons. The maximum atomic E-state index is 15.1. The zero-order valence-electron chi connectivity index (χ0n) is 24.2. The summed E-state index contributed by atoms with van der Waals surface area (Å²) in [4.78, 5) is 16.3. The van der Waals surface area contributed by atoms with Crippen LogP contribution in [0.2, 0.25) is 0 Å². The zero-order valence-corrected chi connectivity index (χ0v) is 24.2. The second kappa shape index (κ2) is 10.9. The van der Waals surface area contributed by atoms with Gasteiger partial charge in [0.1, 0.15) is 24.0 Å². The number of halogens is 1. The second-order valence-electron chi connectivity index (χ2n) is 12.8. The van der Waals surface area contributed by atoms with E-state index in [1.54, 1.807) is 6.92 Å². The highest BCUT2D eigenvalue weighted by atomic mass is 19.1. The molecule has 2 unspecified atom stereocenters. The molecule has 4 heteroatoms. The fourth-order valence-corrected chi connectivity index (χ4v) is 7.15. The largest absolute Gasteiger partial charge is 0.489 e. The van der Waals surface area contributed by atoms with Gasteiger partial charge in [0.15, 0.2) is 0 Å². The van der Waals surface area contributed by atoms with Crippen molar-refractivity contribution < 1.29 is 13.9 Å². The zero-order chi connectivity index (χ0) is 27.8. The first-order chi connectivity index (χ1) is 18.6. The molecule has 1 fully saturated rings. The van der Waals surface area contributed by atoms with Gasteiger partial charge in [0, 0.05) is 17.7 Å². The standard InChI is InChI=1S/C35H42FNO2/c1-6-26-18-30(33(36)21-37-26)28-14-11-24(17-29(28)31-10-8-15-34(31,3)4)22-39-27-13-12-25-9-7-16-35(5,20-23(2)38)32(25)19-27/h11-14,17-19,21,31H,6-10,15-16,20,22H2,1-5H3. The fourth-order valence-electron chi connectivity index (χ4n) is 7.15. The van der Waals surface area contributed by atoms with Gasteiger partial charge in [0.25, 0.3) is 0 Å². The third-order valence-electron chi connectivity index (χ3n) is 9.26. The van der Waals surface area contributed by atoms with Crippen LogP contribution in [0.5, 0.6) is 5.75 Å². The molecule has 0 aliphatic heterocycles. The van der Waals surface area contributed by atoms with Crippen molar-refractivity contribution in [1.82, 2.24) is 4.98 Å². The molecule has 0 bridgehead atoms. The lowest BCUT2D eigenvalue weighted by molar-refractivity contribution is -0.118. The molecule has 2 aliphatic rings. The smallest absolute Gasteiger partial charge is 0.149 e. The Morgan fingerprint density at radius 3 is 2.59 bits per heavy atom. The van der Waals surface area contributed by atoms with Crippen LogP contribution in [-0.2, 0) is 29.7 Å². The van der Waals surface area contributed by atoms with Crippen molar-refractivity contribution in [2.24, 2.45) is 5.41 Å². The van der Waals surface area contributed by atoms with Crippen molar-refractivity contribution in [2.75, 3.05) is 0 Å². The van der Waals surface area contributed by atoms with Crippen molar-refractivity contribution in [2.45, 2.75) is 104 Å². The number of pyridine rings is 1. The van der Waals surface area contributed by atoms with Gasteiger partial charge >= 0.3 is 0 Å². The third-order valence-corrected chi connectivity index (χ3v) is 9.26. The number of hydrogen-bond donors (Lipinski definition) is 0. The molecular weight excluding hydrogens is 485 g/mol. The summed E-state index contributed by atoms with van der Waals surface area (Å²) in [5.74, 6) is 1.16. The Bertz CT molecular complexity index is 1380. The van der Waals surface area contributed by atoms with E-state index in [2.05, 4.69) is 69.1 Å². The molecule has 39 heavy (non-hydrogen) atoms. The Labute approximate surface area is 233 Å². The van der Waals surface area contributed by atoms with E-state index < -0.39 is 0 Å². The number of aryl methyl sites for hydroxylation is 2. The molecular formula is C35H42FNO2. The highest BCUT2D eigenvalue weighted by Gasteiger charge is 2.37. The first kappa shape index (κ1) is 27.6. The van der Waals surface area contributed by atoms with Crippen LogP contribution >= 0.6 is 0 Å². The Balaban J connectivity index is 1.46. The second-order valence-corrected chi connectivity index (χ2v) is 12.8. The predicted molar refractivity (Wildman–Crippen MR) is 156 cm³/mol. The number of ether oxygens (including phenoxy) is 1. The van der Waals surface area contributed by atoms with E-state index in [4.69, 9.17) is 4.74 Å². The first-order valence-corrected chi connectivity index (χ1v) is 14.6. The Kier molecular flexibility index (Phi) is 7.68. The monoisotopic (exact) mass is 527 g/mol. The number of aromatic nitrogens is 1. The van der Waals surface area contributed by atoms with Crippen LogP contribution in [0, 0.1) is 11.2 Å². The SMILES string of the molecule is CCc1cc(-c2ccc(COc3ccc4c(c3)C(C)(CC(C)=O)CCC4)cc2C2CCCC2(C)C)c(F)cn1. The number of hydrogen-bond acceptors (Lipinski definition) is 3. The predicted octanol–water partition coefficient (Wildman–Crippen LogP) is 8.90. The van der Waals surface area contributed by atoms with Gasteiger partial charge in [0.2, 0.25) is 0 Å². The highest BCUT2D eigenvalue weighted by molar-refractivity contribution is 5.77. The number of carbonyl (C=O) groups excluding carboxylic acids is 1. The number of rotatable bonds is 8. The third kappa shape index (κ3) is 5.66. The van der Waals surface area contributed by atoms with Gasteiger partial charge in [-0.1, -0.05) is 58.4 Å². The molecule has 0 radical (unpaired) electrons. The summed E-state index contributed by atoms with van der Waals surface area (Å²) in [5.41, 5.74) is 7.44. The van der Waals surface area contributed by atoms with Crippen LogP contribution in [-0.4, -0.2) is 10.8 Å². The summed E-state index contributed by atoms with van der Waals surface area (Å²) in [6.07, 6.45) is 9.36. The Morgan fingerprint density at radius 2 is 1.87 bits per heavy atom. The maximum Gasteiger partial charge on any atom is 0.149 e. The highest BCUT2D eigenvalue weighted by Crippen LogP contribution is 2.51. The summed E-state index contributed by atoms with van der Waals surface area (Å²) in [6.45, 7) is 11.1. The molecule has 2 atom stereocenters. The number of Topliss-reactive ketones (excluding diaryl/α,β-unsaturated/α-hetero) is 1. The van der Waals surface area contributed by atoms with Crippen molar-refractivity contribution in [3.05, 3.63) is 82.4 Å². The molecule has 0 spiro atoms. The number of ketones is 1. The Morgan fingerprint density at radius 1 is 1.05 bits per heavy atom. The van der Waals surface area contributed by atoms with Crippen LogP contribution in [0.25, 0.3) is 11.1 Å². The topological polar surface area (TPSA) is 39.2 Å². The summed E-state index contributed by atoms with van der Waals surface area (Å²) >= 11 is 0. The van der Waals surface area contributed by atoms with Gasteiger partial charge in [-0.25, -0.2) is 4.39 Å². The van der Waals surface area contributed by atoms with Gasteiger partial charge in [-0.05, 0) is 108 Å². The van der Waals surface area contributed by atoms with Gasteiger partial charge in [0.05, 0.1) is 6.20 Å². The van der Waals surface area contributed by atoms with Crippen LogP contribution in [0.4, 0.5) is 4.39 Å². The van der Waals surface area contributed by atoms with E-state index >= 15 is 4.39 Å². The van der Waals surface area contributed by atoms with Gasteiger partial charge in [-0.15, -0.1) is 0 Å². The van der Waals surface area contributed by atoms with E-state index in [0.717, 1.165) is 54.7 Å². The van der Waals surface area contributed by atoms with Gasteiger partial charge in [-0.3, -0.25) is 9.78 Å². The average Bonchev–Trinajstić information content (AvgIpc) is 3.26. The fraction of sp³-hybridized carbons (Fsp3) is 0.486. The number of benzene rings is 2. The quantitative estimate of drug-likeness (QED) is 0.294. The minimum Gasteiger partial charge on any atom is -0.489 e. The summed E-state index contributed by atoms with van der Waals surface area (Å²) in [7, 11) is 0. The normalized spacial score (nSPS) is 21.9. The summed E-state index contributed by atoms with van der Waals surface area (Å²) < 4.78 is 21.5. The van der Waals surface area contributed by atoms with E-state index in [9.17, 15) is 4.79 Å². The summed E-state index contributed by atoms with van der Waals surface area (Å²) in [5, 5.41) is 0. The number of nitrogens with zero attached hydrogens (tertiary/aromatic N) is 1. The molecule has 3 nitrogen and oxygen atoms in total. The van der Waals surface area contributed by atoms with Crippen molar-refractivity contribution in [1.29, 1.82) is 0 Å². The van der Waals surface area contributed by atoms with E-state index in [1.165, 1.54) is 35.7 Å². The molecule has 1 saturated carbocycles. The van der Waals surface area contributed by atoms with Crippen LogP contribution in [0.3, 0.4) is 0 Å². The lowest BCUT2D eigenvalue weighted by Gasteiger charge is -2.35. The van der Waals surface area contributed by atoms with E-state index in [0.29, 0.717) is 24.5 Å². The first-order valence-electron chi connectivity index (χ1n) is 14.6. The Hall–Kier alpha value is -3.01. The molecule has 1 aromatic heterocycles. The van der Waals surface area contributed by atoms with Crippen LogP contribution in [0.1, 0.15) is 107 Å². The molecule has 0 amide bonds. The molecule has 5 rings (SSSR count). The molecule has 0 N–H and O–H groups in total. The van der Waals surface area contributed by atoms with Crippen LogP contribution < -0.4 is 4.74 Å². The number of carbonyl (C=O) groups is 1.